The molecule has 13 nitrogen and oxygen atoms in total. The smallest absolute Gasteiger partial charge is 0.303 e. The second kappa shape index (κ2) is 16.9. The van der Waals surface area contributed by atoms with Gasteiger partial charge in [-0.25, -0.2) is 0 Å². The molecule has 4 amide bonds. The van der Waals surface area contributed by atoms with Crippen LogP contribution in [0.2, 0.25) is 0 Å². The number of nitrogens with two attached hydrogens (primary N) is 1. The summed E-state index contributed by atoms with van der Waals surface area (Å²) in [5.41, 5.74) is 7.79. The molecule has 2 aromatic rings. The summed E-state index contributed by atoms with van der Waals surface area (Å²) in [6.45, 7) is 10.7. The SMILES string of the molecule is C=C(C)CC(NC(=O)C(NC(=O)C(C)N)C(C)CC)C(=O)NC(Cc1c[nH]c2ccccc12)C(=O)NC(C=O)CCC(=O)O. The maximum absolute atomic E-state index is 13.7. The number of carbonyl (C=O) groups excluding carboxylic acids is 5. The van der Waals surface area contributed by atoms with Crippen molar-refractivity contribution in [3.63, 3.8) is 0 Å². The number of aromatic nitrogens is 1. The Morgan fingerprint density at radius 3 is 2.20 bits per heavy atom. The molecule has 0 saturated heterocycles. The summed E-state index contributed by atoms with van der Waals surface area (Å²) in [6.07, 6.45) is 2.32. The van der Waals surface area contributed by atoms with Crippen molar-refractivity contribution in [3.05, 3.63) is 48.2 Å². The van der Waals surface area contributed by atoms with Crippen LogP contribution in [0.5, 0.6) is 0 Å². The van der Waals surface area contributed by atoms with E-state index in [4.69, 9.17) is 10.8 Å². The third kappa shape index (κ3) is 10.6. The standard InChI is InChI=1S/C31H44N6O7/c1-6-18(4)27(37-28(41)19(5)32)31(44)36-24(13-17(2)3)30(43)35-25(29(42)34-21(16-38)11-12-26(39)40)14-20-15-33-23-10-8-7-9-22(20)23/h7-10,15-16,18-19,21,24-25,27,33H,2,6,11-14,32H2,1,3-5H3,(H,34,42)(H,35,43)(H,36,44)(H,37,41)(H,39,40). The number of aliphatic carboxylic acids is 1. The molecule has 0 spiro atoms. The number of carboxylic acids is 1. The number of amides is 4. The summed E-state index contributed by atoms with van der Waals surface area (Å²) in [5, 5.41) is 20.4. The number of carboxylic acid groups (broad SMARTS) is 1. The lowest BCUT2D eigenvalue weighted by Gasteiger charge is -2.28. The van der Waals surface area contributed by atoms with E-state index in [1.807, 2.05) is 31.2 Å². The Kier molecular flexibility index (Phi) is 13.7. The van der Waals surface area contributed by atoms with Crippen LogP contribution in [0.25, 0.3) is 10.9 Å². The predicted molar refractivity (Wildman–Crippen MR) is 165 cm³/mol. The van der Waals surface area contributed by atoms with Gasteiger partial charge >= 0.3 is 5.97 Å². The van der Waals surface area contributed by atoms with E-state index in [9.17, 15) is 28.8 Å². The normalized spacial score (nSPS) is 15.1. The van der Waals surface area contributed by atoms with E-state index in [0.29, 0.717) is 23.8 Å². The zero-order valence-corrected chi connectivity index (χ0v) is 25.6. The van der Waals surface area contributed by atoms with Crippen molar-refractivity contribution >= 4 is 46.8 Å². The molecular weight excluding hydrogens is 568 g/mol. The highest BCUT2D eigenvalue weighted by Gasteiger charge is 2.33. The summed E-state index contributed by atoms with van der Waals surface area (Å²) in [6, 6.07) is 2.15. The van der Waals surface area contributed by atoms with Gasteiger partial charge < -0.3 is 41.9 Å². The van der Waals surface area contributed by atoms with Crippen LogP contribution in [-0.4, -0.2) is 76.2 Å². The number of carbonyl (C=O) groups is 6. The maximum Gasteiger partial charge on any atom is 0.303 e. The number of benzene rings is 1. The van der Waals surface area contributed by atoms with Gasteiger partial charge in [-0.3, -0.25) is 24.0 Å². The Morgan fingerprint density at radius 2 is 1.61 bits per heavy atom. The van der Waals surface area contributed by atoms with Crippen molar-refractivity contribution < 1.29 is 33.9 Å². The summed E-state index contributed by atoms with van der Waals surface area (Å²) >= 11 is 0. The van der Waals surface area contributed by atoms with Crippen LogP contribution in [0.4, 0.5) is 0 Å². The van der Waals surface area contributed by atoms with Crippen LogP contribution in [-0.2, 0) is 35.2 Å². The fraction of sp³-hybridized carbons (Fsp3) is 0.484. The first-order valence-electron chi connectivity index (χ1n) is 14.6. The van der Waals surface area contributed by atoms with Crippen LogP contribution in [0.15, 0.2) is 42.6 Å². The average Bonchev–Trinajstić information content (AvgIpc) is 3.38. The van der Waals surface area contributed by atoms with Crippen LogP contribution in [0.1, 0.15) is 58.9 Å². The number of rotatable bonds is 18. The number of aromatic amines is 1. The Balaban J connectivity index is 2.36. The van der Waals surface area contributed by atoms with Crippen molar-refractivity contribution in [2.75, 3.05) is 0 Å². The molecule has 1 aromatic carbocycles. The minimum absolute atomic E-state index is 0.0276. The number of hydrogen-bond donors (Lipinski definition) is 7. The first-order chi connectivity index (χ1) is 20.8. The molecule has 1 aromatic heterocycles. The molecule has 0 bridgehead atoms. The summed E-state index contributed by atoms with van der Waals surface area (Å²) in [5.74, 6) is -3.90. The fourth-order valence-corrected chi connectivity index (χ4v) is 4.54. The van der Waals surface area contributed by atoms with Gasteiger partial charge in [0.25, 0.3) is 0 Å². The average molecular weight is 613 g/mol. The van der Waals surface area contributed by atoms with Gasteiger partial charge in [-0.05, 0) is 44.2 Å². The van der Waals surface area contributed by atoms with Gasteiger partial charge in [0.15, 0.2) is 0 Å². The number of hydrogen-bond acceptors (Lipinski definition) is 7. The Labute approximate surface area is 256 Å². The second-order valence-corrected chi connectivity index (χ2v) is 11.2. The first-order valence-corrected chi connectivity index (χ1v) is 14.6. The molecule has 0 fully saturated rings. The maximum atomic E-state index is 13.7. The van der Waals surface area contributed by atoms with Crippen LogP contribution in [0.3, 0.4) is 0 Å². The second-order valence-electron chi connectivity index (χ2n) is 11.2. The van der Waals surface area contributed by atoms with E-state index < -0.39 is 59.8 Å². The zero-order chi connectivity index (χ0) is 33.0. The fourth-order valence-electron chi connectivity index (χ4n) is 4.54. The number of nitrogens with one attached hydrogen (secondary N) is 5. The molecule has 240 valence electrons. The molecule has 0 aliphatic carbocycles. The van der Waals surface area contributed by atoms with Gasteiger partial charge in [0, 0.05) is 29.9 Å². The molecule has 0 aliphatic rings. The molecular formula is C31H44N6O7. The van der Waals surface area contributed by atoms with E-state index in [-0.39, 0.29) is 31.6 Å². The predicted octanol–water partition coefficient (Wildman–Crippen LogP) is 1.07. The highest BCUT2D eigenvalue weighted by Crippen LogP contribution is 2.20. The lowest BCUT2D eigenvalue weighted by atomic mass is 9.97. The van der Waals surface area contributed by atoms with Crippen LogP contribution >= 0.6 is 0 Å². The lowest BCUT2D eigenvalue weighted by molar-refractivity contribution is -0.137. The first kappa shape index (κ1) is 35.7. The van der Waals surface area contributed by atoms with Gasteiger partial charge in [0.2, 0.25) is 23.6 Å². The number of aldehydes is 1. The summed E-state index contributed by atoms with van der Waals surface area (Å²) in [4.78, 5) is 78.6. The molecule has 44 heavy (non-hydrogen) atoms. The van der Waals surface area contributed by atoms with E-state index in [2.05, 4.69) is 32.8 Å². The lowest BCUT2D eigenvalue weighted by Crippen LogP contribution is -2.59. The molecule has 0 saturated carbocycles. The highest BCUT2D eigenvalue weighted by atomic mass is 16.4. The molecule has 8 N–H and O–H groups in total. The molecule has 0 radical (unpaired) electrons. The van der Waals surface area contributed by atoms with E-state index in [0.717, 1.165) is 10.9 Å². The molecule has 2 rings (SSSR count). The monoisotopic (exact) mass is 612 g/mol. The third-order valence-electron chi connectivity index (χ3n) is 7.29. The quantitative estimate of drug-likeness (QED) is 0.0953. The molecule has 6 unspecified atom stereocenters. The Hall–Kier alpha value is -4.52. The van der Waals surface area contributed by atoms with Crippen molar-refractivity contribution in [1.82, 2.24) is 26.3 Å². The number of fused-ring (bicyclic) bond motifs is 1. The van der Waals surface area contributed by atoms with Gasteiger partial charge in [0.05, 0.1) is 12.1 Å². The summed E-state index contributed by atoms with van der Waals surface area (Å²) < 4.78 is 0. The van der Waals surface area contributed by atoms with Gasteiger partial charge in [-0.1, -0.05) is 44.0 Å². The summed E-state index contributed by atoms with van der Waals surface area (Å²) in [7, 11) is 0. The van der Waals surface area contributed by atoms with E-state index in [1.165, 1.54) is 6.92 Å². The Morgan fingerprint density at radius 1 is 0.977 bits per heavy atom. The largest absolute Gasteiger partial charge is 0.481 e. The van der Waals surface area contributed by atoms with Gasteiger partial charge in [-0.2, -0.15) is 0 Å². The highest BCUT2D eigenvalue weighted by molar-refractivity contribution is 5.96. The van der Waals surface area contributed by atoms with Crippen LogP contribution < -0.4 is 27.0 Å². The van der Waals surface area contributed by atoms with E-state index >= 15 is 0 Å². The topological polar surface area (TPSA) is 213 Å². The minimum Gasteiger partial charge on any atom is -0.481 e. The van der Waals surface area contributed by atoms with Gasteiger partial charge in [0.1, 0.15) is 24.4 Å². The molecule has 0 aliphatic heterocycles. The number of para-hydroxylation sites is 1. The Bertz CT molecular complexity index is 1350. The van der Waals surface area contributed by atoms with Crippen molar-refractivity contribution in [2.45, 2.75) is 90.0 Å². The zero-order valence-electron chi connectivity index (χ0n) is 25.6. The number of H-pyrrole nitrogens is 1. The molecule has 6 atom stereocenters. The molecule has 1 heterocycles. The van der Waals surface area contributed by atoms with Gasteiger partial charge in [-0.15, -0.1) is 6.58 Å². The minimum atomic E-state index is -1.19. The van der Waals surface area contributed by atoms with Crippen molar-refractivity contribution in [2.24, 2.45) is 11.7 Å². The van der Waals surface area contributed by atoms with Crippen molar-refractivity contribution in [1.29, 1.82) is 0 Å². The van der Waals surface area contributed by atoms with Crippen molar-refractivity contribution in [3.8, 4) is 0 Å². The van der Waals surface area contributed by atoms with Crippen LogP contribution in [0, 0.1) is 5.92 Å². The molecule has 13 heteroatoms. The third-order valence-corrected chi connectivity index (χ3v) is 7.29. The van der Waals surface area contributed by atoms with E-state index in [1.54, 1.807) is 20.0 Å².